The molecule has 1 atom stereocenters. The van der Waals surface area contributed by atoms with Crippen molar-refractivity contribution < 1.29 is 4.79 Å². The molecule has 0 aromatic heterocycles. The van der Waals surface area contributed by atoms with Crippen molar-refractivity contribution in [2.24, 2.45) is 0 Å². The van der Waals surface area contributed by atoms with Gasteiger partial charge in [-0.15, -0.1) is 0 Å². The van der Waals surface area contributed by atoms with E-state index in [4.69, 9.17) is 0 Å². The normalized spacial score (nSPS) is 21.8. The van der Waals surface area contributed by atoms with Gasteiger partial charge in [0.2, 0.25) is 5.91 Å². The van der Waals surface area contributed by atoms with Crippen LogP contribution in [0, 0.1) is 0 Å². The Morgan fingerprint density at radius 2 is 1.69 bits per heavy atom. The molecule has 1 aliphatic heterocycles. The van der Waals surface area contributed by atoms with Gasteiger partial charge in [-0.2, -0.15) is 0 Å². The standard InChI is InChI=1S/C12H25N3O/c1-10(11(16)13-5)14-6-8-15(9-7-14)12(2,3)4/h10H,6-9H2,1-5H3,(H,13,16). The molecule has 1 aliphatic rings. The van der Waals surface area contributed by atoms with E-state index in [0.29, 0.717) is 0 Å². The van der Waals surface area contributed by atoms with Crippen LogP contribution in [0.2, 0.25) is 0 Å². The summed E-state index contributed by atoms with van der Waals surface area (Å²) < 4.78 is 0. The van der Waals surface area contributed by atoms with E-state index in [0.717, 1.165) is 26.2 Å². The van der Waals surface area contributed by atoms with Crippen LogP contribution in [0.3, 0.4) is 0 Å². The topological polar surface area (TPSA) is 35.6 Å². The molecule has 1 saturated heterocycles. The summed E-state index contributed by atoms with van der Waals surface area (Å²) >= 11 is 0. The Morgan fingerprint density at radius 3 is 2.06 bits per heavy atom. The van der Waals surface area contributed by atoms with Crippen molar-refractivity contribution in [1.82, 2.24) is 15.1 Å². The molecule has 1 heterocycles. The molecule has 1 unspecified atom stereocenters. The molecule has 4 heteroatoms. The predicted octanol–water partition coefficient (Wildman–Crippen LogP) is 0.537. The molecule has 0 aromatic carbocycles. The van der Waals surface area contributed by atoms with Crippen LogP contribution in [0.25, 0.3) is 0 Å². The zero-order valence-corrected chi connectivity index (χ0v) is 11.2. The van der Waals surface area contributed by atoms with Gasteiger partial charge in [0.05, 0.1) is 6.04 Å². The minimum absolute atomic E-state index is 0.00730. The van der Waals surface area contributed by atoms with E-state index in [1.54, 1.807) is 7.05 Å². The summed E-state index contributed by atoms with van der Waals surface area (Å²) in [6.07, 6.45) is 0. The van der Waals surface area contributed by atoms with Gasteiger partial charge in [0.1, 0.15) is 0 Å². The van der Waals surface area contributed by atoms with Gasteiger partial charge in [-0.3, -0.25) is 14.6 Å². The van der Waals surface area contributed by atoms with Crippen LogP contribution >= 0.6 is 0 Å². The monoisotopic (exact) mass is 227 g/mol. The Balaban J connectivity index is 2.46. The first-order valence-electron chi connectivity index (χ1n) is 6.07. The highest BCUT2D eigenvalue weighted by atomic mass is 16.2. The Kier molecular flexibility index (Phi) is 4.33. The lowest BCUT2D eigenvalue weighted by molar-refractivity contribution is -0.126. The average molecular weight is 227 g/mol. The fourth-order valence-electron chi connectivity index (χ4n) is 2.15. The van der Waals surface area contributed by atoms with Gasteiger partial charge >= 0.3 is 0 Å². The van der Waals surface area contributed by atoms with Crippen molar-refractivity contribution >= 4 is 5.91 Å². The minimum Gasteiger partial charge on any atom is -0.358 e. The smallest absolute Gasteiger partial charge is 0.236 e. The first-order valence-corrected chi connectivity index (χ1v) is 6.07. The van der Waals surface area contributed by atoms with Crippen molar-refractivity contribution in [2.45, 2.75) is 39.3 Å². The quantitative estimate of drug-likeness (QED) is 0.748. The van der Waals surface area contributed by atoms with Gasteiger partial charge in [-0.05, 0) is 27.7 Å². The average Bonchev–Trinajstić information content (AvgIpc) is 2.26. The Hall–Kier alpha value is -0.610. The first-order chi connectivity index (χ1) is 7.36. The predicted molar refractivity (Wildman–Crippen MR) is 66.4 cm³/mol. The lowest BCUT2D eigenvalue weighted by Gasteiger charge is -2.43. The molecule has 4 nitrogen and oxygen atoms in total. The molecule has 0 saturated carbocycles. The number of hydrogen-bond acceptors (Lipinski definition) is 3. The molecule has 1 fully saturated rings. The number of carbonyl (C=O) groups excluding carboxylic acids is 1. The van der Waals surface area contributed by atoms with Crippen LogP contribution in [0.15, 0.2) is 0 Å². The Morgan fingerprint density at radius 1 is 1.19 bits per heavy atom. The number of nitrogens with zero attached hydrogens (tertiary/aromatic N) is 2. The number of rotatable bonds is 2. The molecule has 0 aromatic rings. The van der Waals surface area contributed by atoms with Crippen LogP contribution in [0.1, 0.15) is 27.7 Å². The molecule has 0 radical (unpaired) electrons. The first kappa shape index (κ1) is 13.5. The van der Waals surface area contributed by atoms with Crippen LogP contribution in [-0.4, -0.2) is 60.5 Å². The van der Waals surface area contributed by atoms with Crippen LogP contribution < -0.4 is 5.32 Å². The molecule has 0 bridgehead atoms. The van der Waals surface area contributed by atoms with Crippen molar-refractivity contribution in [3.8, 4) is 0 Å². The Labute approximate surface area is 99.0 Å². The van der Waals surface area contributed by atoms with Gasteiger partial charge in [0, 0.05) is 38.8 Å². The molecule has 16 heavy (non-hydrogen) atoms. The molecule has 94 valence electrons. The molecule has 1 amide bonds. The lowest BCUT2D eigenvalue weighted by atomic mass is 10.0. The van der Waals surface area contributed by atoms with Crippen molar-refractivity contribution in [1.29, 1.82) is 0 Å². The van der Waals surface area contributed by atoms with E-state index in [2.05, 4.69) is 35.9 Å². The zero-order chi connectivity index (χ0) is 12.3. The second-order valence-corrected chi connectivity index (χ2v) is 5.48. The van der Waals surface area contributed by atoms with Crippen LogP contribution in [-0.2, 0) is 4.79 Å². The summed E-state index contributed by atoms with van der Waals surface area (Å²) in [6, 6.07) is -0.00730. The highest BCUT2D eigenvalue weighted by molar-refractivity contribution is 5.80. The zero-order valence-electron chi connectivity index (χ0n) is 11.2. The number of nitrogens with one attached hydrogen (secondary N) is 1. The third-order valence-corrected chi connectivity index (χ3v) is 3.44. The maximum absolute atomic E-state index is 11.5. The maximum atomic E-state index is 11.5. The van der Waals surface area contributed by atoms with E-state index in [1.165, 1.54) is 0 Å². The molecule has 1 rings (SSSR count). The van der Waals surface area contributed by atoms with E-state index in [-0.39, 0.29) is 17.5 Å². The third kappa shape index (κ3) is 3.19. The molecule has 0 spiro atoms. The number of hydrogen-bond donors (Lipinski definition) is 1. The summed E-state index contributed by atoms with van der Waals surface area (Å²) in [5.74, 6) is 0.115. The van der Waals surface area contributed by atoms with Crippen LogP contribution in [0.4, 0.5) is 0 Å². The van der Waals surface area contributed by atoms with Gasteiger partial charge in [-0.25, -0.2) is 0 Å². The van der Waals surface area contributed by atoms with Crippen molar-refractivity contribution in [2.75, 3.05) is 33.2 Å². The van der Waals surface area contributed by atoms with Gasteiger partial charge < -0.3 is 5.32 Å². The lowest BCUT2D eigenvalue weighted by Crippen LogP contribution is -2.57. The summed E-state index contributed by atoms with van der Waals surface area (Å²) in [5.41, 5.74) is 0.238. The minimum atomic E-state index is -0.00730. The maximum Gasteiger partial charge on any atom is 0.236 e. The largest absolute Gasteiger partial charge is 0.358 e. The second-order valence-electron chi connectivity index (χ2n) is 5.48. The number of carbonyl (C=O) groups is 1. The SMILES string of the molecule is CNC(=O)C(C)N1CCN(C(C)(C)C)CC1. The number of likely N-dealkylation sites (N-methyl/N-ethyl adjacent to an activating group) is 1. The Bertz CT molecular complexity index is 239. The number of piperazine rings is 1. The van der Waals surface area contributed by atoms with Gasteiger partial charge in [0.25, 0.3) is 0 Å². The summed E-state index contributed by atoms with van der Waals surface area (Å²) in [4.78, 5) is 16.2. The fraction of sp³-hybridized carbons (Fsp3) is 0.917. The molecular formula is C12H25N3O. The van der Waals surface area contributed by atoms with Crippen molar-refractivity contribution in [3.05, 3.63) is 0 Å². The van der Waals surface area contributed by atoms with E-state index < -0.39 is 0 Å². The van der Waals surface area contributed by atoms with E-state index in [1.807, 2.05) is 6.92 Å². The summed E-state index contributed by atoms with van der Waals surface area (Å²) in [5, 5.41) is 2.71. The molecular weight excluding hydrogens is 202 g/mol. The van der Waals surface area contributed by atoms with Gasteiger partial charge in [-0.1, -0.05) is 0 Å². The third-order valence-electron chi connectivity index (χ3n) is 3.44. The van der Waals surface area contributed by atoms with E-state index >= 15 is 0 Å². The van der Waals surface area contributed by atoms with Gasteiger partial charge in [0.15, 0.2) is 0 Å². The fourth-order valence-corrected chi connectivity index (χ4v) is 2.15. The molecule has 0 aliphatic carbocycles. The summed E-state index contributed by atoms with van der Waals surface area (Å²) in [7, 11) is 1.70. The van der Waals surface area contributed by atoms with Crippen LogP contribution in [0.5, 0.6) is 0 Å². The second kappa shape index (κ2) is 5.15. The highest BCUT2D eigenvalue weighted by Gasteiger charge is 2.29. The van der Waals surface area contributed by atoms with E-state index in [9.17, 15) is 4.79 Å². The highest BCUT2D eigenvalue weighted by Crippen LogP contribution is 2.16. The molecule has 1 N–H and O–H groups in total. The summed E-state index contributed by atoms with van der Waals surface area (Å²) in [6.45, 7) is 12.7. The number of amides is 1. The van der Waals surface area contributed by atoms with Crippen molar-refractivity contribution in [3.63, 3.8) is 0 Å².